The summed E-state index contributed by atoms with van der Waals surface area (Å²) >= 11 is 0. The quantitative estimate of drug-likeness (QED) is 0.371. The van der Waals surface area contributed by atoms with Crippen molar-refractivity contribution in [1.29, 1.82) is 0 Å². The first kappa shape index (κ1) is 24.1. The van der Waals surface area contributed by atoms with Crippen molar-refractivity contribution in [1.82, 2.24) is 15.0 Å². The predicted molar refractivity (Wildman–Crippen MR) is 136 cm³/mol. The predicted octanol–water partition coefficient (Wildman–Crippen LogP) is 3.42. The number of methoxy groups -OCH3 is 1. The number of aromatic nitrogens is 3. The zero-order chi connectivity index (χ0) is 24.8. The first-order valence-electron chi connectivity index (χ1n) is 11.2. The first-order chi connectivity index (χ1) is 16.9. The van der Waals surface area contributed by atoms with Crippen LogP contribution in [0.15, 0.2) is 41.8 Å². The van der Waals surface area contributed by atoms with E-state index < -0.39 is 5.82 Å². The summed E-state index contributed by atoms with van der Waals surface area (Å²) in [6, 6.07) is 7.70. The largest absolute Gasteiger partial charge is 0.497 e. The number of halogens is 1. The summed E-state index contributed by atoms with van der Waals surface area (Å²) in [6.07, 6.45) is 4.41. The lowest BCUT2D eigenvalue weighted by atomic mass is 10.1. The van der Waals surface area contributed by atoms with Crippen molar-refractivity contribution in [3.8, 4) is 5.75 Å². The number of nitrogens with zero attached hydrogens (tertiary/aromatic N) is 6. The second kappa shape index (κ2) is 11.0. The molecule has 2 N–H and O–H groups in total. The van der Waals surface area contributed by atoms with Crippen LogP contribution in [0.4, 0.5) is 33.2 Å². The average Bonchev–Trinajstić information content (AvgIpc) is 2.87. The monoisotopic (exact) mass is 480 g/mol. The van der Waals surface area contributed by atoms with Gasteiger partial charge in [-0.3, -0.25) is 4.98 Å². The Balaban J connectivity index is 1.41. The summed E-state index contributed by atoms with van der Waals surface area (Å²) in [5.41, 5.74) is 7.30. The van der Waals surface area contributed by atoms with Gasteiger partial charge in [0.05, 0.1) is 50.3 Å². The molecule has 11 heteroatoms. The lowest BCUT2D eigenvalue weighted by Gasteiger charge is -2.27. The third-order valence-electron chi connectivity index (χ3n) is 5.53. The fraction of sp³-hybridized carbons (Fsp3) is 0.333. The Bertz CT molecular complexity index is 1180. The molecule has 0 atom stereocenters. The van der Waals surface area contributed by atoms with Gasteiger partial charge < -0.3 is 24.6 Å². The average molecular weight is 481 g/mol. The second-order valence-electron chi connectivity index (χ2n) is 8.14. The zero-order valence-electron chi connectivity index (χ0n) is 20.2. The number of anilines is 5. The number of hydrogen-bond acceptors (Lipinski definition) is 10. The van der Waals surface area contributed by atoms with Gasteiger partial charge in [-0.1, -0.05) is 0 Å². The van der Waals surface area contributed by atoms with E-state index in [2.05, 4.69) is 37.7 Å². The summed E-state index contributed by atoms with van der Waals surface area (Å²) in [6.45, 7) is 4.28. The maximum absolute atomic E-state index is 14.2. The van der Waals surface area contributed by atoms with Crippen molar-refractivity contribution < 1.29 is 13.9 Å². The van der Waals surface area contributed by atoms with E-state index >= 15 is 0 Å². The Morgan fingerprint density at radius 1 is 1.17 bits per heavy atom. The molecule has 0 amide bonds. The molecule has 0 unspecified atom stereocenters. The maximum Gasteiger partial charge on any atom is 0.245 e. The highest BCUT2D eigenvalue weighted by molar-refractivity contribution is 5.79. The molecule has 0 radical (unpaired) electrons. The minimum absolute atomic E-state index is 0.202. The minimum atomic E-state index is -0.477. The van der Waals surface area contributed by atoms with Crippen LogP contribution in [-0.4, -0.2) is 68.7 Å². The highest BCUT2D eigenvalue weighted by Crippen LogP contribution is 2.33. The van der Waals surface area contributed by atoms with E-state index in [0.29, 0.717) is 32.0 Å². The van der Waals surface area contributed by atoms with E-state index in [0.717, 1.165) is 34.6 Å². The molecular formula is C24H29FN8O2. The van der Waals surface area contributed by atoms with E-state index in [9.17, 15) is 4.39 Å². The van der Waals surface area contributed by atoms with Crippen LogP contribution in [0, 0.1) is 12.7 Å². The molecule has 35 heavy (non-hydrogen) atoms. The van der Waals surface area contributed by atoms with Crippen molar-refractivity contribution in [2.75, 3.05) is 68.1 Å². The number of hydrogen-bond donors (Lipinski definition) is 2. The lowest BCUT2D eigenvalue weighted by Crippen LogP contribution is -2.37. The van der Waals surface area contributed by atoms with Crippen LogP contribution in [0.3, 0.4) is 0 Å². The fourth-order valence-electron chi connectivity index (χ4n) is 3.66. The highest BCUT2D eigenvalue weighted by atomic mass is 19.1. The van der Waals surface area contributed by atoms with E-state index in [-0.39, 0.29) is 11.8 Å². The van der Waals surface area contributed by atoms with Gasteiger partial charge >= 0.3 is 0 Å². The molecule has 1 aromatic carbocycles. The minimum Gasteiger partial charge on any atom is -0.497 e. The van der Waals surface area contributed by atoms with Crippen LogP contribution >= 0.6 is 0 Å². The van der Waals surface area contributed by atoms with Gasteiger partial charge in [-0.05, 0) is 24.6 Å². The molecule has 1 aliphatic heterocycles. The summed E-state index contributed by atoms with van der Waals surface area (Å²) in [7, 11) is 5.64. The third kappa shape index (κ3) is 5.93. The van der Waals surface area contributed by atoms with Crippen molar-refractivity contribution in [3.63, 3.8) is 0 Å². The van der Waals surface area contributed by atoms with Gasteiger partial charge in [0.25, 0.3) is 0 Å². The van der Waals surface area contributed by atoms with Gasteiger partial charge in [-0.2, -0.15) is 10.1 Å². The van der Waals surface area contributed by atoms with Crippen LogP contribution in [0.25, 0.3) is 0 Å². The molecule has 3 heterocycles. The highest BCUT2D eigenvalue weighted by Gasteiger charge is 2.17. The molecule has 2 aromatic heterocycles. The van der Waals surface area contributed by atoms with Gasteiger partial charge in [0.1, 0.15) is 5.75 Å². The van der Waals surface area contributed by atoms with Crippen LogP contribution in [-0.2, 0) is 4.74 Å². The number of pyridine rings is 1. The third-order valence-corrected chi connectivity index (χ3v) is 5.53. The molecule has 0 spiro atoms. The lowest BCUT2D eigenvalue weighted by molar-refractivity contribution is 0.122. The van der Waals surface area contributed by atoms with Crippen molar-refractivity contribution in [2.24, 2.45) is 5.10 Å². The number of hydrazone groups is 1. The second-order valence-corrected chi connectivity index (χ2v) is 8.14. The first-order valence-corrected chi connectivity index (χ1v) is 11.2. The standard InChI is InChI=1S/C24H29FN8O2/c1-16-21(11-19(34-4)12-22(16)32(2)3)29-18-6-5-17(26-13-18)14-28-31-24-27-15-20(25)23(30-24)33-7-9-35-10-8-33/h5-6,11-15,29H,7-10H2,1-4H3,(H,27,30,31)/b28-14-. The Labute approximate surface area is 203 Å². The smallest absolute Gasteiger partial charge is 0.245 e. The molecule has 4 rings (SSSR count). The molecular weight excluding hydrogens is 451 g/mol. The fourth-order valence-corrected chi connectivity index (χ4v) is 3.66. The molecule has 1 fully saturated rings. The zero-order valence-corrected chi connectivity index (χ0v) is 20.2. The van der Waals surface area contributed by atoms with E-state index in [1.54, 1.807) is 19.5 Å². The van der Waals surface area contributed by atoms with Gasteiger partial charge in [-0.15, -0.1) is 0 Å². The molecule has 10 nitrogen and oxygen atoms in total. The van der Waals surface area contributed by atoms with Crippen molar-refractivity contribution >= 4 is 35.0 Å². The van der Waals surface area contributed by atoms with E-state index in [1.165, 1.54) is 0 Å². The van der Waals surface area contributed by atoms with Crippen LogP contribution in [0.1, 0.15) is 11.3 Å². The maximum atomic E-state index is 14.2. The van der Waals surface area contributed by atoms with Gasteiger partial charge in [0, 0.05) is 50.7 Å². The van der Waals surface area contributed by atoms with Gasteiger partial charge in [0.2, 0.25) is 5.95 Å². The van der Waals surface area contributed by atoms with E-state index in [1.807, 2.05) is 48.2 Å². The van der Waals surface area contributed by atoms with Crippen LogP contribution in [0.5, 0.6) is 5.75 Å². The van der Waals surface area contributed by atoms with Crippen LogP contribution in [0.2, 0.25) is 0 Å². The number of benzene rings is 1. The Hall–Kier alpha value is -3.99. The SMILES string of the molecule is COc1cc(Nc2ccc(/C=N\Nc3ncc(F)c(N4CCOCC4)n3)nc2)c(C)c(N(C)C)c1. The molecule has 1 saturated heterocycles. The molecule has 1 aliphatic rings. The number of ether oxygens (including phenoxy) is 2. The van der Waals surface area contributed by atoms with Gasteiger partial charge in [-0.25, -0.2) is 14.8 Å². The Kier molecular flexibility index (Phi) is 7.56. The number of rotatable bonds is 8. The Morgan fingerprint density at radius 3 is 2.66 bits per heavy atom. The van der Waals surface area contributed by atoms with Crippen molar-refractivity contribution in [2.45, 2.75) is 6.92 Å². The summed E-state index contributed by atoms with van der Waals surface area (Å²) in [4.78, 5) is 16.5. The molecule has 3 aromatic rings. The van der Waals surface area contributed by atoms with Crippen LogP contribution < -0.4 is 25.3 Å². The molecule has 0 saturated carbocycles. The number of nitrogens with one attached hydrogen (secondary N) is 2. The molecule has 0 aliphatic carbocycles. The molecule has 0 bridgehead atoms. The summed E-state index contributed by atoms with van der Waals surface area (Å²) < 4.78 is 24.9. The topological polar surface area (TPSA) is 100 Å². The molecule has 184 valence electrons. The summed E-state index contributed by atoms with van der Waals surface area (Å²) in [5, 5.41) is 7.53. The summed E-state index contributed by atoms with van der Waals surface area (Å²) in [5.74, 6) is 0.729. The number of morpholine rings is 1. The van der Waals surface area contributed by atoms with Crippen molar-refractivity contribution in [3.05, 3.63) is 53.7 Å². The Morgan fingerprint density at radius 2 is 1.97 bits per heavy atom. The normalized spacial score (nSPS) is 13.7. The van der Waals surface area contributed by atoms with Gasteiger partial charge in [0.15, 0.2) is 11.6 Å². The van der Waals surface area contributed by atoms with E-state index in [4.69, 9.17) is 9.47 Å².